The number of aryl methyl sites for hydroxylation is 1. The number of Topliss-reactive ketones (excluding diaryl/α,β-unsaturated/α-hetero) is 1. The zero-order valence-corrected chi connectivity index (χ0v) is 22.7. The number of nitrogens with zero attached hydrogens (tertiary/aromatic N) is 2. The van der Waals surface area contributed by atoms with Crippen molar-refractivity contribution in [1.29, 1.82) is 5.26 Å². The van der Waals surface area contributed by atoms with Crippen molar-refractivity contribution in [2.75, 3.05) is 6.54 Å². The number of ketones is 1. The number of rotatable bonds is 9. The van der Waals surface area contributed by atoms with Gasteiger partial charge in [0.05, 0.1) is 36.8 Å². The second-order valence-corrected chi connectivity index (χ2v) is 15.2. The van der Waals surface area contributed by atoms with Gasteiger partial charge in [0.2, 0.25) is 5.91 Å². The van der Waals surface area contributed by atoms with Gasteiger partial charge in [-0.15, -0.1) is 0 Å². The number of benzene rings is 2. The van der Waals surface area contributed by atoms with Crippen LogP contribution in [-0.2, 0) is 15.6 Å². The van der Waals surface area contributed by atoms with E-state index in [1.54, 1.807) is 30.3 Å². The number of amides is 1. The molecule has 2 rings (SSSR count). The third-order valence-electron chi connectivity index (χ3n) is 6.79. The molecular weight excluding hydrogens is 454 g/mol. The highest BCUT2D eigenvalue weighted by atomic mass is 28.4. The predicted molar refractivity (Wildman–Crippen MR) is 141 cm³/mol. The van der Waals surface area contributed by atoms with Crippen molar-refractivity contribution in [3.8, 4) is 6.07 Å². The summed E-state index contributed by atoms with van der Waals surface area (Å²) >= 11 is 0. The van der Waals surface area contributed by atoms with E-state index < -0.39 is 14.2 Å². The molecule has 0 fully saturated rings. The molecule has 0 aromatic heterocycles. The van der Waals surface area contributed by atoms with Crippen LogP contribution < -0.4 is 5.32 Å². The molecule has 6 nitrogen and oxygen atoms in total. The lowest BCUT2D eigenvalue weighted by molar-refractivity contribution is -0.127. The first kappa shape index (κ1) is 28.0. The fourth-order valence-electron chi connectivity index (χ4n) is 3.55. The smallest absolute Gasteiger partial charge is 0.226 e. The molecule has 0 radical (unpaired) electrons. The van der Waals surface area contributed by atoms with Gasteiger partial charge in [-0.05, 0) is 61.7 Å². The fourth-order valence-corrected chi connectivity index (χ4v) is 5.00. The van der Waals surface area contributed by atoms with E-state index in [0.717, 1.165) is 11.1 Å². The highest BCUT2D eigenvalue weighted by Crippen LogP contribution is 2.38. The summed E-state index contributed by atoms with van der Waals surface area (Å²) in [6.45, 7) is 21.7. The summed E-state index contributed by atoms with van der Waals surface area (Å²) in [5.74, 6) is -0.974. The summed E-state index contributed by atoms with van der Waals surface area (Å²) in [4.78, 5) is 29.5. The molecule has 184 valence electrons. The summed E-state index contributed by atoms with van der Waals surface area (Å²) in [6.07, 6.45) is 0.0768. The predicted octanol–water partition coefficient (Wildman–Crippen LogP) is 5.99. The number of nitriles is 1. The summed E-state index contributed by atoms with van der Waals surface area (Å²) in [6, 6.07) is 14.0. The Kier molecular flexibility index (Phi) is 9.15. The van der Waals surface area contributed by atoms with Gasteiger partial charge in [0, 0.05) is 5.56 Å². The van der Waals surface area contributed by atoms with Crippen LogP contribution in [-0.4, -0.2) is 32.7 Å². The zero-order chi connectivity index (χ0) is 26.4. The molecule has 0 heterocycles. The number of carbonyl (C=O) groups is 2. The quantitative estimate of drug-likeness (QED) is 0.267. The van der Waals surface area contributed by atoms with Crippen LogP contribution in [0.3, 0.4) is 0 Å². The third kappa shape index (κ3) is 7.36. The molecule has 0 aliphatic rings. The Morgan fingerprint density at radius 2 is 1.80 bits per heavy atom. The van der Waals surface area contributed by atoms with E-state index in [1.807, 2.05) is 32.0 Å². The molecule has 0 spiro atoms. The Morgan fingerprint density at radius 1 is 1.17 bits per heavy atom. The van der Waals surface area contributed by atoms with E-state index in [-0.39, 0.29) is 29.4 Å². The van der Waals surface area contributed by atoms with Gasteiger partial charge in [0.15, 0.2) is 19.8 Å². The minimum absolute atomic E-state index is 0.0122. The molecule has 1 N–H and O–H groups in total. The van der Waals surface area contributed by atoms with Gasteiger partial charge in [-0.25, -0.2) is 4.85 Å². The van der Waals surface area contributed by atoms with Crippen molar-refractivity contribution < 1.29 is 14.0 Å². The van der Waals surface area contributed by atoms with E-state index in [4.69, 9.17) is 16.3 Å². The van der Waals surface area contributed by atoms with E-state index in [1.165, 1.54) is 0 Å². The molecule has 2 aromatic carbocycles. The summed E-state index contributed by atoms with van der Waals surface area (Å²) in [5.41, 5.74) is 3.32. The van der Waals surface area contributed by atoms with Crippen molar-refractivity contribution in [1.82, 2.24) is 5.32 Å². The first-order valence-corrected chi connectivity index (χ1v) is 14.7. The number of hydrogen-bond acceptors (Lipinski definition) is 4. The Balaban J connectivity index is 2.23. The van der Waals surface area contributed by atoms with Gasteiger partial charge in [-0.3, -0.25) is 9.59 Å². The number of nitrogens with one attached hydrogen (secondary N) is 1. The average molecular weight is 490 g/mol. The van der Waals surface area contributed by atoms with Crippen molar-refractivity contribution in [2.45, 2.75) is 65.3 Å². The Morgan fingerprint density at radius 3 is 2.31 bits per heavy atom. The largest absolute Gasteiger partial charge is 0.413 e. The van der Waals surface area contributed by atoms with Gasteiger partial charge >= 0.3 is 0 Å². The van der Waals surface area contributed by atoms with E-state index in [9.17, 15) is 9.59 Å². The normalized spacial score (nSPS) is 13.3. The van der Waals surface area contributed by atoms with Crippen LogP contribution in [0.4, 0.5) is 5.69 Å². The molecule has 7 heteroatoms. The first-order chi connectivity index (χ1) is 16.3. The van der Waals surface area contributed by atoms with Crippen LogP contribution in [0.15, 0.2) is 42.5 Å². The lowest BCUT2D eigenvalue weighted by atomic mass is 9.92. The van der Waals surface area contributed by atoms with Crippen molar-refractivity contribution in [2.24, 2.45) is 5.92 Å². The molecule has 0 aliphatic carbocycles. The minimum Gasteiger partial charge on any atom is -0.413 e. The van der Waals surface area contributed by atoms with Crippen LogP contribution in [0.5, 0.6) is 0 Å². The van der Waals surface area contributed by atoms with Gasteiger partial charge in [-0.1, -0.05) is 51.1 Å². The van der Waals surface area contributed by atoms with Gasteiger partial charge in [-0.2, -0.15) is 5.26 Å². The minimum atomic E-state index is -2.14. The Hall–Kier alpha value is -3.26. The van der Waals surface area contributed by atoms with Crippen LogP contribution in [0.1, 0.15) is 54.7 Å². The van der Waals surface area contributed by atoms with Crippen LogP contribution >= 0.6 is 0 Å². The van der Waals surface area contributed by atoms with Crippen LogP contribution in [0, 0.1) is 30.7 Å². The van der Waals surface area contributed by atoms with Gasteiger partial charge in [0.25, 0.3) is 0 Å². The summed E-state index contributed by atoms with van der Waals surface area (Å²) < 4.78 is 6.56. The maximum Gasteiger partial charge on any atom is 0.226 e. The fraction of sp³-hybridized carbons (Fsp3) is 0.429. The molecular formula is C28H35N3O3Si. The number of hydrogen-bond donors (Lipinski definition) is 1. The van der Waals surface area contributed by atoms with Gasteiger partial charge < -0.3 is 9.74 Å². The molecule has 2 atom stereocenters. The molecule has 0 unspecified atom stereocenters. The molecule has 35 heavy (non-hydrogen) atoms. The van der Waals surface area contributed by atoms with Crippen LogP contribution in [0.25, 0.3) is 4.85 Å². The first-order valence-electron chi connectivity index (χ1n) is 11.7. The summed E-state index contributed by atoms with van der Waals surface area (Å²) in [7, 11) is -2.14. The maximum atomic E-state index is 13.3. The highest BCUT2D eigenvalue weighted by molar-refractivity contribution is 6.74. The van der Waals surface area contributed by atoms with Crippen molar-refractivity contribution in [3.05, 3.63) is 76.1 Å². The van der Waals surface area contributed by atoms with Gasteiger partial charge in [0.1, 0.15) is 0 Å². The number of carbonyl (C=O) groups excluding carboxylic acids is 2. The SMILES string of the molecule is [C-]#[N+]c1ccc(C[C@@H](C(=O)NCC(=O)c2ccc(C#N)cc2)[C@H](C)O[Si](C)(C)C(C)(C)C)cc1C. The average Bonchev–Trinajstić information content (AvgIpc) is 2.79. The second kappa shape index (κ2) is 11.4. The second-order valence-electron chi connectivity index (χ2n) is 10.5. The Labute approximate surface area is 210 Å². The lowest BCUT2D eigenvalue weighted by Crippen LogP contribution is -2.48. The maximum absolute atomic E-state index is 13.3. The van der Waals surface area contributed by atoms with E-state index in [2.05, 4.69) is 44.0 Å². The van der Waals surface area contributed by atoms with E-state index >= 15 is 0 Å². The Bertz CT molecular complexity index is 1150. The molecule has 2 aromatic rings. The molecule has 1 amide bonds. The standard InChI is InChI=1S/C28H35N3O3Si/c1-19-15-22(11-14-25(19)30-6)16-24(20(2)34-35(7,8)28(3,4)5)27(33)31-18-26(32)23-12-9-21(17-29)10-13-23/h9-15,20,24H,16,18H2,1-5,7-8H3,(H,31,33)/t20-,24+/m0/s1. The topological polar surface area (TPSA) is 83.5 Å². The molecule has 0 aliphatic heterocycles. The molecule has 0 saturated heterocycles. The molecule has 0 saturated carbocycles. The molecule has 0 bridgehead atoms. The van der Waals surface area contributed by atoms with E-state index in [0.29, 0.717) is 23.2 Å². The third-order valence-corrected chi connectivity index (χ3v) is 11.4. The zero-order valence-electron chi connectivity index (χ0n) is 21.7. The monoisotopic (exact) mass is 489 g/mol. The van der Waals surface area contributed by atoms with Crippen molar-refractivity contribution >= 4 is 25.7 Å². The summed E-state index contributed by atoms with van der Waals surface area (Å²) in [5, 5.41) is 11.7. The highest BCUT2D eigenvalue weighted by Gasteiger charge is 2.40. The lowest BCUT2D eigenvalue weighted by Gasteiger charge is -2.40. The van der Waals surface area contributed by atoms with Crippen molar-refractivity contribution in [3.63, 3.8) is 0 Å². The van der Waals surface area contributed by atoms with Crippen LogP contribution in [0.2, 0.25) is 18.1 Å².